The van der Waals surface area contributed by atoms with E-state index in [-0.39, 0.29) is 29.6 Å². The highest BCUT2D eigenvalue weighted by atomic mass is 19.1. The second kappa shape index (κ2) is 9.37. The maximum absolute atomic E-state index is 14.2. The van der Waals surface area contributed by atoms with Crippen LogP contribution in [0, 0.1) is 5.82 Å². The maximum atomic E-state index is 14.2. The standard InChI is InChI=1S/C21H21FN8O2/c1-31-11-18(30(24)17-5-3-2-4-16(17)22)19(23)21-27-20(28-32-21)15-8-6-14(7-9-15)10-29-13-25-12-26-29/h2-9,12-13H,10-11,23-24H2,1H3/b19-18-. The Hall–Kier alpha value is -4.09. The van der Waals surface area contributed by atoms with Crippen molar-refractivity contribution in [3.63, 3.8) is 0 Å². The summed E-state index contributed by atoms with van der Waals surface area (Å²) in [4.78, 5) is 8.30. The lowest BCUT2D eigenvalue weighted by atomic mass is 10.1. The molecule has 2 heterocycles. The number of methoxy groups -OCH3 is 1. The number of benzene rings is 2. The minimum absolute atomic E-state index is 0.00532. The summed E-state index contributed by atoms with van der Waals surface area (Å²) in [5, 5.41) is 9.20. The van der Waals surface area contributed by atoms with Crippen LogP contribution in [0.3, 0.4) is 0 Å². The molecule has 10 nitrogen and oxygen atoms in total. The first kappa shape index (κ1) is 21.2. The molecule has 0 spiro atoms. The van der Waals surface area contributed by atoms with Gasteiger partial charge in [0.25, 0.3) is 5.89 Å². The van der Waals surface area contributed by atoms with Crippen LogP contribution in [-0.2, 0) is 11.3 Å². The zero-order chi connectivity index (χ0) is 22.5. The molecule has 0 bridgehead atoms. The molecule has 0 aliphatic carbocycles. The summed E-state index contributed by atoms with van der Waals surface area (Å²) >= 11 is 0. The van der Waals surface area contributed by atoms with Crippen molar-refractivity contribution in [2.45, 2.75) is 6.54 Å². The van der Waals surface area contributed by atoms with Crippen LogP contribution >= 0.6 is 0 Å². The molecular formula is C21H21FN8O2. The molecule has 164 valence electrons. The zero-order valence-corrected chi connectivity index (χ0v) is 17.2. The van der Waals surface area contributed by atoms with E-state index in [9.17, 15) is 4.39 Å². The first-order chi connectivity index (χ1) is 15.6. The first-order valence-corrected chi connectivity index (χ1v) is 9.59. The minimum atomic E-state index is -0.506. The van der Waals surface area contributed by atoms with Gasteiger partial charge in [0.15, 0.2) is 0 Å². The van der Waals surface area contributed by atoms with Crippen LogP contribution in [-0.4, -0.2) is 38.6 Å². The fourth-order valence-corrected chi connectivity index (χ4v) is 3.04. The van der Waals surface area contributed by atoms with Gasteiger partial charge in [-0.2, -0.15) is 10.1 Å². The van der Waals surface area contributed by atoms with Crippen LogP contribution in [0.2, 0.25) is 0 Å². The van der Waals surface area contributed by atoms with Gasteiger partial charge in [0.05, 0.1) is 24.5 Å². The van der Waals surface area contributed by atoms with Crippen molar-refractivity contribution in [1.29, 1.82) is 0 Å². The smallest absolute Gasteiger partial charge is 0.276 e. The Bertz CT molecular complexity index is 1200. The molecule has 11 heteroatoms. The molecule has 4 aromatic rings. The van der Waals surface area contributed by atoms with E-state index in [1.165, 1.54) is 25.6 Å². The average Bonchev–Trinajstić information content (AvgIpc) is 3.50. The Balaban J connectivity index is 1.59. The minimum Gasteiger partial charge on any atom is -0.393 e. The van der Waals surface area contributed by atoms with E-state index in [2.05, 4.69) is 20.2 Å². The Labute approximate surface area is 182 Å². The van der Waals surface area contributed by atoms with E-state index >= 15 is 0 Å². The summed E-state index contributed by atoms with van der Waals surface area (Å²) in [6.07, 6.45) is 3.13. The number of hydrogen-bond donors (Lipinski definition) is 2. The van der Waals surface area contributed by atoms with E-state index in [1.807, 2.05) is 24.3 Å². The third-order valence-corrected chi connectivity index (χ3v) is 4.67. The first-order valence-electron chi connectivity index (χ1n) is 9.59. The summed E-state index contributed by atoms with van der Waals surface area (Å²) in [5.41, 5.74) is 8.51. The van der Waals surface area contributed by atoms with Crippen molar-refractivity contribution in [3.8, 4) is 11.4 Å². The molecule has 0 amide bonds. The van der Waals surface area contributed by atoms with Crippen molar-refractivity contribution in [2.24, 2.45) is 11.6 Å². The van der Waals surface area contributed by atoms with Gasteiger partial charge in [-0.05, 0) is 17.7 Å². The fourth-order valence-electron chi connectivity index (χ4n) is 3.04. The molecule has 0 saturated carbocycles. The largest absolute Gasteiger partial charge is 0.393 e. The van der Waals surface area contributed by atoms with Crippen LogP contribution < -0.4 is 16.6 Å². The van der Waals surface area contributed by atoms with E-state index in [1.54, 1.807) is 23.1 Å². The summed E-state index contributed by atoms with van der Waals surface area (Å²) < 4.78 is 26.5. The number of nitrogens with two attached hydrogens (primary N) is 2. The maximum Gasteiger partial charge on any atom is 0.276 e. The van der Waals surface area contributed by atoms with Crippen LogP contribution in [0.5, 0.6) is 0 Å². The highest BCUT2D eigenvalue weighted by molar-refractivity contribution is 5.67. The lowest BCUT2D eigenvalue weighted by molar-refractivity contribution is 0.223. The number of nitrogens with zero attached hydrogens (tertiary/aromatic N) is 6. The Morgan fingerprint density at radius 1 is 1.19 bits per heavy atom. The lowest BCUT2D eigenvalue weighted by Crippen LogP contribution is -2.35. The normalized spacial score (nSPS) is 12.0. The molecule has 4 N–H and O–H groups in total. The van der Waals surface area contributed by atoms with E-state index in [0.29, 0.717) is 12.4 Å². The molecule has 0 atom stereocenters. The number of anilines is 1. The summed E-state index contributed by atoms with van der Waals surface area (Å²) in [7, 11) is 1.47. The molecule has 2 aromatic heterocycles. The zero-order valence-electron chi connectivity index (χ0n) is 17.2. The van der Waals surface area contributed by atoms with E-state index in [0.717, 1.165) is 16.1 Å². The van der Waals surface area contributed by atoms with Gasteiger partial charge < -0.3 is 15.0 Å². The second-order valence-corrected chi connectivity index (χ2v) is 6.83. The van der Waals surface area contributed by atoms with Crippen molar-refractivity contribution in [3.05, 3.63) is 84.2 Å². The molecular weight excluding hydrogens is 415 g/mol. The molecule has 0 radical (unpaired) electrons. The monoisotopic (exact) mass is 436 g/mol. The van der Waals surface area contributed by atoms with Gasteiger partial charge in [0.2, 0.25) is 5.82 Å². The highest BCUT2D eigenvalue weighted by Crippen LogP contribution is 2.24. The van der Waals surface area contributed by atoms with Crippen molar-refractivity contribution in [1.82, 2.24) is 24.9 Å². The van der Waals surface area contributed by atoms with Crippen molar-refractivity contribution in [2.75, 3.05) is 18.7 Å². The quantitative estimate of drug-likeness (QED) is 0.315. The van der Waals surface area contributed by atoms with Gasteiger partial charge in [-0.3, -0.25) is 5.01 Å². The summed E-state index contributed by atoms with van der Waals surface area (Å²) in [6, 6.07) is 13.7. The number of halogens is 1. The molecule has 0 fully saturated rings. The summed E-state index contributed by atoms with van der Waals surface area (Å²) in [6.45, 7) is 0.599. The number of hydrogen-bond acceptors (Lipinski definition) is 9. The van der Waals surface area contributed by atoms with Gasteiger partial charge in [0, 0.05) is 12.7 Å². The van der Waals surface area contributed by atoms with Crippen molar-refractivity contribution < 1.29 is 13.7 Å². The number of aromatic nitrogens is 5. The highest BCUT2D eigenvalue weighted by Gasteiger charge is 2.20. The van der Waals surface area contributed by atoms with Gasteiger partial charge >= 0.3 is 0 Å². The topological polar surface area (TPSA) is 134 Å². The third-order valence-electron chi connectivity index (χ3n) is 4.67. The van der Waals surface area contributed by atoms with Gasteiger partial charge in [-0.1, -0.05) is 41.6 Å². The van der Waals surface area contributed by atoms with Crippen LogP contribution in [0.1, 0.15) is 11.5 Å². The molecule has 32 heavy (non-hydrogen) atoms. The lowest BCUT2D eigenvalue weighted by Gasteiger charge is -2.23. The van der Waals surface area contributed by atoms with Crippen LogP contribution in [0.4, 0.5) is 10.1 Å². The molecule has 0 unspecified atom stereocenters. The molecule has 0 aliphatic rings. The third kappa shape index (κ3) is 4.48. The Morgan fingerprint density at radius 3 is 2.66 bits per heavy atom. The second-order valence-electron chi connectivity index (χ2n) is 6.83. The van der Waals surface area contributed by atoms with Gasteiger partial charge in [-0.15, -0.1) is 0 Å². The molecule has 2 aromatic carbocycles. The average molecular weight is 436 g/mol. The number of hydrazine groups is 1. The summed E-state index contributed by atoms with van der Waals surface area (Å²) in [5.74, 6) is 6.02. The fraction of sp³-hybridized carbons (Fsp3) is 0.143. The number of rotatable bonds is 8. The molecule has 4 rings (SSSR count). The van der Waals surface area contributed by atoms with Crippen LogP contribution in [0.25, 0.3) is 17.1 Å². The van der Waals surface area contributed by atoms with Crippen LogP contribution in [0.15, 0.2) is 71.4 Å². The van der Waals surface area contributed by atoms with Gasteiger partial charge in [0.1, 0.15) is 24.2 Å². The molecule has 0 saturated heterocycles. The van der Waals surface area contributed by atoms with Crippen molar-refractivity contribution >= 4 is 11.4 Å². The number of ether oxygens (including phenoxy) is 1. The van der Waals surface area contributed by atoms with E-state index < -0.39 is 5.82 Å². The predicted octanol–water partition coefficient (Wildman–Crippen LogP) is 2.17. The Morgan fingerprint density at radius 2 is 1.97 bits per heavy atom. The predicted molar refractivity (Wildman–Crippen MR) is 115 cm³/mol. The number of para-hydroxylation sites is 1. The Kier molecular flexibility index (Phi) is 6.19. The van der Waals surface area contributed by atoms with Gasteiger partial charge in [-0.25, -0.2) is 19.9 Å². The SMILES string of the molecule is COC/C(=C(/N)c1nc(-c2ccc(Cn3cncn3)cc2)no1)N(N)c1ccccc1F. The van der Waals surface area contributed by atoms with E-state index in [4.69, 9.17) is 20.8 Å². The molecule has 0 aliphatic heterocycles.